The van der Waals surface area contributed by atoms with E-state index in [-0.39, 0.29) is 5.75 Å². The first-order valence-corrected chi connectivity index (χ1v) is 5.10. The molecule has 2 N–H and O–H groups in total. The quantitative estimate of drug-likeness (QED) is 0.819. The summed E-state index contributed by atoms with van der Waals surface area (Å²) in [4.78, 5) is 0. The summed E-state index contributed by atoms with van der Waals surface area (Å²) < 4.78 is 1.51. The first kappa shape index (κ1) is 10.3. The molecular formula is C11H12N4O. The summed E-state index contributed by atoms with van der Waals surface area (Å²) in [5, 5.41) is 25.8. The van der Waals surface area contributed by atoms with Crippen LogP contribution in [0, 0.1) is 11.3 Å². The molecule has 0 saturated carbocycles. The molecule has 0 atom stereocenters. The SMILES string of the molecule is CCCNc1cc(O)c2c(C#N)cnn2c1. The van der Waals surface area contributed by atoms with Crippen molar-refractivity contribution in [3.05, 3.63) is 24.0 Å². The van der Waals surface area contributed by atoms with Gasteiger partial charge in [0, 0.05) is 12.6 Å². The lowest BCUT2D eigenvalue weighted by Gasteiger charge is -2.06. The smallest absolute Gasteiger partial charge is 0.144 e. The van der Waals surface area contributed by atoms with E-state index in [0.29, 0.717) is 11.1 Å². The average Bonchev–Trinajstić information content (AvgIpc) is 2.69. The van der Waals surface area contributed by atoms with E-state index in [9.17, 15) is 5.11 Å². The van der Waals surface area contributed by atoms with E-state index in [4.69, 9.17) is 5.26 Å². The number of aromatic hydroxyl groups is 1. The third-order valence-electron chi connectivity index (χ3n) is 2.29. The van der Waals surface area contributed by atoms with Crippen LogP contribution in [0.25, 0.3) is 5.52 Å². The van der Waals surface area contributed by atoms with Crippen LogP contribution >= 0.6 is 0 Å². The van der Waals surface area contributed by atoms with Gasteiger partial charge in [-0.15, -0.1) is 0 Å². The number of nitrogens with one attached hydrogen (secondary N) is 1. The molecule has 0 bridgehead atoms. The van der Waals surface area contributed by atoms with Gasteiger partial charge in [-0.3, -0.25) is 0 Å². The molecule has 16 heavy (non-hydrogen) atoms. The van der Waals surface area contributed by atoms with Gasteiger partial charge >= 0.3 is 0 Å². The molecule has 0 aliphatic heterocycles. The molecule has 82 valence electrons. The van der Waals surface area contributed by atoms with Gasteiger partial charge in [0.2, 0.25) is 0 Å². The Hall–Kier alpha value is -2.22. The van der Waals surface area contributed by atoms with Gasteiger partial charge in [-0.25, -0.2) is 4.52 Å². The van der Waals surface area contributed by atoms with Crippen LogP contribution in [0.15, 0.2) is 18.5 Å². The van der Waals surface area contributed by atoms with Crippen molar-refractivity contribution in [2.45, 2.75) is 13.3 Å². The van der Waals surface area contributed by atoms with Crippen molar-refractivity contribution in [3.63, 3.8) is 0 Å². The van der Waals surface area contributed by atoms with Crippen LogP contribution in [0.4, 0.5) is 5.69 Å². The Kier molecular flexibility index (Phi) is 2.64. The molecule has 0 aliphatic rings. The second-order valence-electron chi connectivity index (χ2n) is 3.50. The number of aromatic nitrogens is 2. The van der Waals surface area contributed by atoms with Gasteiger partial charge in [-0.05, 0) is 6.42 Å². The fourth-order valence-corrected chi connectivity index (χ4v) is 1.55. The molecule has 0 aliphatic carbocycles. The van der Waals surface area contributed by atoms with Gasteiger partial charge in [0.25, 0.3) is 0 Å². The Morgan fingerprint density at radius 1 is 1.62 bits per heavy atom. The molecule has 2 aromatic heterocycles. The predicted molar refractivity (Wildman–Crippen MR) is 60.4 cm³/mol. The molecular weight excluding hydrogens is 204 g/mol. The first-order valence-electron chi connectivity index (χ1n) is 5.10. The first-order chi connectivity index (χ1) is 7.76. The molecule has 0 amide bonds. The highest BCUT2D eigenvalue weighted by Gasteiger charge is 2.09. The summed E-state index contributed by atoms with van der Waals surface area (Å²) >= 11 is 0. The zero-order chi connectivity index (χ0) is 11.5. The number of rotatable bonds is 3. The lowest BCUT2D eigenvalue weighted by atomic mass is 10.2. The van der Waals surface area contributed by atoms with Crippen molar-refractivity contribution in [2.75, 3.05) is 11.9 Å². The molecule has 5 nitrogen and oxygen atoms in total. The van der Waals surface area contributed by atoms with Crippen molar-refractivity contribution in [3.8, 4) is 11.8 Å². The van der Waals surface area contributed by atoms with Gasteiger partial charge in [0.1, 0.15) is 22.9 Å². The summed E-state index contributed by atoms with van der Waals surface area (Å²) in [6, 6.07) is 3.59. The Balaban J connectivity index is 2.49. The summed E-state index contributed by atoms with van der Waals surface area (Å²) in [5.41, 5.74) is 1.61. The monoisotopic (exact) mass is 216 g/mol. The van der Waals surface area contributed by atoms with E-state index in [2.05, 4.69) is 17.3 Å². The lowest BCUT2D eigenvalue weighted by Crippen LogP contribution is -2.01. The maximum Gasteiger partial charge on any atom is 0.144 e. The number of anilines is 1. The summed E-state index contributed by atoms with van der Waals surface area (Å²) in [7, 11) is 0. The van der Waals surface area contributed by atoms with E-state index < -0.39 is 0 Å². The van der Waals surface area contributed by atoms with Crippen LogP contribution in [-0.2, 0) is 0 Å². The molecule has 0 unspecified atom stereocenters. The second-order valence-corrected chi connectivity index (χ2v) is 3.50. The summed E-state index contributed by atoms with van der Waals surface area (Å²) in [5.74, 6) is 0.0650. The molecule has 0 aromatic carbocycles. The van der Waals surface area contributed by atoms with Gasteiger partial charge < -0.3 is 10.4 Å². The van der Waals surface area contributed by atoms with Gasteiger partial charge in [-0.2, -0.15) is 10.4 Å². The molecule has 5 heteroatoms. The van der Waals surface area contributed by atoms with Crippen LogP contribution in [0.5, 0.6) is 5.75 Å². The number of nitriles is 1. The Morgan fingerprint density at radius 3 is 3.12 bits per heavy atom. The molecule has 2 heterocycles. The van der Waals surface area contributed by atoms with Gasteiger partial charge in [0.05, 0.1) is 18.1 Å². The lowest BCUT2D eigenvalue weighted by molar-refractivity contribution is 0.478. The minimum atomic E-state index is 0.0650. The highest BCUT2D eigenvalue weighted by molar-refractivity contribution is 5.71. The minimum absolute atomic E-state index is 0.0650. The van der Waals surface area contributed by atoms with Gasteiger partial charge in [-0.1, -0.05) is 6.92 Å². The Bertz CT molecular complexity index is 553. The maximum absolute atomic E-state index is 9.80. The fraction of sp³-hybridized carbons (Fsp3) is 0.273. The molecule has 2 aromatic rings. The van der Waals surface area contributed by atoms with Crippen molar-refractivity contribution in [1.82, 2.24) is 9.61 Å². The fourth-order valence-electron chi connectivity index (χ4n) is 1.55. The van der Waals surface area contributed by atoms with Crippen molar-refractivity contribution >= 4 is 11.2 Å². The van der Waals surface area contributed by atoms with E-state index in [1.165, 1.54) is 10.7 Å². The van der Waals surface area contributed by atoms with E-state index in [0.717, 1.165) is 18.7 Å². The van der Waals surface area contributed by atoms with E-state index in [1.807, 2.05) is 6.07 Å². The standard InChI is InChI=1S/C11H12N4O/c1-2-3-13-9-4-10(16)11-8(5-12)6-14-15(11)7-9/h4,6-7,13,16H,2-3H2,1H3. The highest BCUT2D eigenvalue weighted by Crippen LogP contribution is 2.25. The second kappa shape index (κ2) is 4.11. The molecule has 2 rings (SSSR count). The van der Waals surface area contributed by atoms with E-state index >= 15 is 0 Å². The summed E-state index contributed by atoms with van der Waals surface area (Å²) in [6.07, 6.45) is 4.20. The summed E-state index contributed by atoms with van der Waals surface area (Å²) in [6.45, 7) is 2.89. The Labute approximate surface area is 92.9 Å². The third-order valence-corrected chi connectivity index (χ3v) is 2.29. The molecule has 0 saturated heterocycles. The molecule has 0 radical (unpaired) electrons. The largest absolute Gasteiger partial charge is 0.506 e. The molecule has 0 fully saturated rings. The third kappa shape index (κ3) is 1.65. The van der Waals surface area contributed by atoms with Crippen LogP contribution in [0.1, 0.15) is 18.9 Å². The van der Waals surface area contributed by atoms with Crippen molar-refractivity contribution < 1.29 is 5.11 Å². The van der Waals surface area contributed by atoms with Crippen LogP contribution < -0.4 is 5.32 Å². The Morgan fingerprint density at radius 2 is 2.44 bits per heavy atom. The topological polar surface area (TPSA) is 73.3 Å². The zero-order valence-corrected chi connectivity index (χ0v) is 8.94. The number of pyridine rings is 1. The maximum atomic E-state index is 9.80. The minimum Gasteiger partial charge on any atom is -0.506 e. The highest BCUT2D eigenvalue weighted by atomic mass is 16.3. The van der Waals surface area contributed by atoms with Crippen molar-refractivity contribution in [1.29, 1.82) is 5.26 Å². The zero-order valence-electron chi connectivity index (χ0n) is 8.94. The average molecular weight is 216 g/mol. The number of hydrogen-bond donors (Lipinski definition) is 2. The number of fused-ring (bicyclic) bond motifs is 1. The van der Waals surface area contributed by atoms with Crippen LogP contribution in [0.2, 0.25) is 0 Å². The number of nitrogens with zero attached hydrogens (tertiary/aromatic N) is 3. The van der Waals surface area contributed by atoms with E-state index in [1.54, 1.807) is 12.3 Å². The normalized spacial score (nSPS) is 10.2. The van der Waals surface area contributed by atoms with Crippen molar-refractivity contribution in [2.24, 2.45) is 0 Å². The van der Waals surface area contributed by atoms with Crippen LogP contribution in [0.3, 0.4) is 0 Å². The van der Waals surface area contributed by atoms with Gasteiger partial charge in [0.15, 0.2) is 0 Å². The van der Waals surface area contributed by atoms with Crippen LogP contribution in [-0.4, -0.2) is 21.3 Å². The molecule has 0 spiro atoms. The number of hydrogen-bond acceptors (Lipinski definition) is 4. The predicted octanol–water partition coefficient (Wildman–Crippen LogP) is 1.73.